The Morgan fingerprint density at radius 2 is 1.94 bits per heavy atom. The van der Waals surface area contributed by atoms with Crippen molar-refractivity contribution in [2.45, 2.75) is 38.9 Å². The predicted octanol–water partition coefficient (Wildman–Crippen LogP) is 3.19. The van der Waals surface area contributed by atoms with Crippen LogP contribution in [-0.4, -0.2) is 20.3 Å². The molecule has 1 atom stereocenters. The average molecular weight is 222 g/mol. The van der Waals surface area contributed by atoms with Crippen LogP contribution in [0.1, 0.15) is 30.9 Å². The Balaban J connectivity index is 2.60. The molecule has 0 saturated carbocycles. The van der Waals surface area contributed by atoms with Crippen LogP contribution in [0.25, 0.3) is 0 Å². The lowest BCUT2D eigenvalue weighted by atomic mass is 10.0. The lowest BCUT2D eigenvalue weighted by Gasteiger charge is -2.14. The maximum Gasteiger partial charge on any atom is 0.0713 e. The molecule has 0 fully saturated rings. The van der Waals surface area contributed by atoms with Gasteiger partial charge < -0.3 is 9.47 Å². The Labute approximate surface area is 98.6 Å². The number of methoxy groups -OCH3 is 2. The van der Waals surface area contributed by atoms with Gasteiger partial charge in [0.15, 0.2) is 0 Å². The van der Waals surface area contributed by atoms with Crippen molar-refractivity contribution in [1.29, 1.82) is 0 Å². The maximum atomic E-state index is 5.46. The number of hydrogen-bond donors (Lipinski definition) is 0. The second-order valence-corrected chi connectivity index (χ2v) is 4.10. The molecular formula is C14H22O2. The number of ether oxygens (including phenoxy) is 2. The molecule has 0 amide bonds. The van der Waals surface area contributed by atoms with Gasteiger partial charge in [-0.3, -0.25) is 0 Å². The van der Waals surface area contributed by atoms with Crippen molar-refractivity contribution >= 4 is 0 Å². The minimum absolute atomic E-state index is 0.336. The average Bonchev–Trinajstić information content (AvgIpc) is 2.29. The zero-order valence-corrected chi connectivity index (χ0v) is 10.5. The van der Waals surface area contributed by atoms with Gasteiger partial charge in [0.05, 0.1) is 12.7 Å². The van der Waals surface area contributed by atoms with Crippen LogP contribution in [0, 0.1) is 0 Å². The summed E-state index contributed by atoms with van der Waals surface area (Å²) >= 11 is 0. The highest BCUT2D eigenvalue weighted by Crippen LogP contribution is 2.12. The Morgan fingerprint density at radius 3 is 2.56 bits per heavy atom. The Kier molecular flexibility index (Phi) is 6.12. The molecule has 1 aromatic rings. The summed E-state index contributed by atoms with van der Waals surface area (Å²) in [6.07, 6.45) is 3.60. The Bertz CT molecular complexity index is 297. The topological polar surface area (TPSA) is 18.5 Å². The van der Waals surface area contributed by atoms with Gasteiger partial charge in [-0.05, 0) is 24.0 Å². The van der Waals surface area contributed by atoms with Crippen molar-refractivity contribution in [3.05, 3.63) is 35.4 Å². The second kappa shape index (κ2) is 7.42. The molecule has 0 aliphatic carbocycles. The van der Waals surface area contributed by atoms with Crippen molar-refractivity contribution < 1.29 is 9.47 Å². The molecule has 16 heavy (non-hydrogen) atoms. The third kappa shape index (κ3) is 4.33. The fraction of sp³-hybridized carbons (Fsp3) is 0.571. The summed E-state index contributed by atoms with van der Waals surface area (Å²) < 4.78 is 10.6. The fourth-order valence-corrected chi connectivity index (χ4v) is 1.90. The van der Waals surface area contributed by atoms with E-state index in [2.05, 4.69) is 31.2 Å². The van der Waals surface area contributed by atoms with Crippen LogP contribution >= 0.6 is 0 Å². The van der Waals surface area contributed by atoms with Gasteiger partial charge in [-0.2, -0.15) is 0 Å². The fourth-order valence-electron chi connectivity index (χ4n) is 1.90. The van der Waals surface area contributed by atoms with Crippen LogP contribution in [0.2, 0.25) is 0 Å². The largest absolute Gasteiger partial charge is 0.381 e. The van der Waals surface area contributed by atoms with Crippen LogP contribution in [0.5, 0.6) is 0 Å². The summed E-state index contributed by atoms with van der Waals surface area (Å²) in [5.41, 5.74) is 2.56. The van der Waals surface area contributed by atoms with E-state index in [1.165, 1.54) is 11.1 Å². The van der Waals surface area contributed by atoms with Crippen molar-refractivity contribution in [1.82, 2.24) is 0 Å². The van der Waals surface area contributed by atoms with Gasteiger partial charge >= 0.3 is 0 Å². The molecule has 90 valence electrons. The van der Waals surface area contributed by atoms with E-state index in [0.717, 1.165) is 19.3 Å². The first kappa shape index (κ1) is 13.2. The first-order valence-electron chi connectivity index (χ1n) is 5.89. The molecule has 0 aromatic heterocycles. The molecule has 0 unspecified atom stereocenters. The molecule has 0 aliphatic rings. The molecular weight excluding hydrogens is 200 g/mol. The number of rotatable bonds is 7. The summed E-state index contributed by atoms with van der Waals surface area (Å²) in [5, 5.41) is 0. The highest BCUT2D eigenvalue weighted by atomic mass is 16.5. The zero-order chi connectivity index (χ0) is 11.8. The molecule has 0 saturated heterocycles. The minimum Gasteiger partial charge on any atom is -0.381 e. The van der Waals surface area contributed by atoms with Crippen LogP contribution in [0.3, 0.4) is 0 Å². The predicted molar refractivity (Wildman–Crippen MR) is 66.6 cm³/mol. The quantitative estimate of drug-likeness (QED) is 0.705. The van der Waals surface area contributed by atoms with E-state index in [1.807, 2.05) is 0 Å². The Hall–Kier alpha value is -0.860. The standard InChI is InChI=1S/C14H22O2/c1-4-6-14(16-3)10-12-7-5-8-13(9-12)11-15-2/h5,7-9,14H,4,6,10-11H2,1-3H3/t14-/m0/s1. The summed E-state index contributed by atoms with van der Waals surface area (Å²) in [4.78, 5) is 0. The molecule has 0 radical (unpaired) electrons. The van der Waals surface area contributed by atoms with Crippen molar-refractivity contribution in [3.63, 3.8) is 0 Å². The molecule has 0 aliphatic heterocycles. The van der Waals surface area contributed by atoms with E-state index >= 15 is 0 Å². The van der Waals surface area contributed by atoms with E-state index in [4.69, 9.17) is 9.47 Å². The summed E-state index contributed by atoms with van der Waals surface area (Å²) in [7, 11) is 3.51. The third-order valence-electron chi connectivity index (χ3n) is 2.71. The highest BCUT2D eigenvalue weighted by Gasteiger charge is 2.07. The Morgan fingerprint density at radius 1 is 1.19 bits per heavy atom. The lowest BCUT2D eigenvalue weighted by molar-refractivity contribution is 0.0949. The number of hydrogen-bond acceptors (Lipinski definition) is 2. The molecule has 1 aromatic carbocycles. The third-order valence-corrected chi connectivity index (χ3v) is 2.71. The van der Waals surface area contributed by atoms with E-state index in [-0.39, 0.29) is 0 Å². The van der Waals surface area contributed by atoms with Crippen molar-refractivity contribution in [3.8, 4) is 0 Å². The monoisotopic (exact) mass is 222 g/mol. The van der Waals surface area contributed by atoms with Crippen LogP contribution < -0.4 is 0 Å². The van der Waals surface area contributed by atoms with Crippen molar-refractivity contribution in [2.75, 3.05) is 14.2 Å². The second-order valence-electron chi connectivity index (χ2n) is 4.10. The molecule has 1 rings (SSSR count). The smallest absolute Gasteiger partial charge is 0.0713 e. The molecule has 0 heterocycles. The van der Waals surface area contributed by atoms with Gasteiger partial charge in [-0.15, -0.1) is 0 Å². The number of benzene rings is 1. The molecule has 2 nitrogen and oxygen atoms in total. The van der Waals surface area contributed by atoms with Gasteiger partial charge in [0, 0.05) is 14.2 Å². The first-order chi connectivity index (χ1) is 7.80. The molecule has 0 N–H and O–H groups in total. The van der Waals surface area contributed by atoms with Gasteiger partial charge in [0.1, 0.15) is 0 Å². The summed E-state index contributed by atoms with van der Waals surface area (Å²) in [5.74, 6) is 0. The van der Waals surface area contributed by atoms with Gasteiger partial charge in [0.25, 0.3) is 0 Å². The van der Waals surface area contributed by atoms with Gasteiger partial charge in [-0.25, -0.2) is 0 Å². The van der Waals surface area contributed by atoms with Gasteiger partial charge in [0.2, 0.25) is 0 Å². The molecule has 2 heteroatoms. The van der Waals surface area contributed by atoms with E-state index in [0.29, 0.717) is 12.7 Å². The van der Waals surface area contributed by atoms with E-state index in [9.17, 15) is 0 Å². The lowest BCUT2D eigenvalue weighted by Crippen LogP contribution is -2.13. The van der Waals surface area contributed by atoms with Crippen LogP contribution in [0.15, 0.2) is 24.3 Å². The summed E-state index contributed by atoms with van der Waals surface area (Å²) in [6, 6.07) is 8.53. The molecule has 0 spiro atoms. The first-order valence-corrected chi connectivity index (χ1v) is 5.89. The normalized spacial score (nSPS) is 12.7. The van der Waals surface area contributed by atoms with Crippen LogP contribution in [0.4, 0.5) is 0 Å². The maximum absolute atomic E-state index is 5.46. The van der Waals surface area contributed by atoms with Gasteiger partial charge in [-0.1, -0.05) is 37.6 Å². The molecule has 0 bridgehead atoms. The van der Waals surface area contributed by atoms with E-state index < -0.39 is 0 Å². The minimum atomic E-state index is 0.336. The SMILES string of the molecule is CCC[C@@H](Cc1cccc(COC)c1)OC. The van der Waals surface area contributed by atoms with E-state index in [1.54, 1.807) is 14.2 Å². The zero-order valence-electron chi connectivity index (χ0n) is 10.5. The van der Waals surface area contributed by atoms with Crippen LogP contribution in [-0.2, 0) is 22.5 Å². The van der Waals surface area contributed by atoms with Crippen molar-refractivity contribution in [2.24, 2.45) is 0 Å². The summed E-state index contributed by atoms with van der Waals surface area (Å²) in [6.45, 7) is 2.87. The highest BCUT2D eigenvalue weighted by molar-refractivity contribution is 5.23.